The molecule has 1 aliphatic heterocycles. The monoisotopic (exact) mass is 312 g/mol. The summed E-state index contributed by atoms with van der Waals surface area (Å²) in [5.41, 5.74) is 0.451. The van der Waals surface area contributed by atoms with Crippen LogP contribution >= 0.6 is 11.8 Å². The molecule has 1 heterocycles. The van der Waals surface area contributed by atoms with E-state index in [1.54, 1.807) is 29.8 Å². The summed E-state index contributed by atoms with van der Waals surface area (Å²) in [6.45, 7) is 0.501. The van der Waals surface area contributed by atoms with Gasteiger partial charge in [-0.2, -0.15) is 11.8 Å². The van der Waals surface area contributed by atoms with Crippen LogP contribution in [0.5, 0.6) is 0 Å². The molecule has 1 atom stereocenters. The number of carboxylic acid groups (broad SMARTS) is 1. The third kappa shape index (κ3) is 3.87. The van der Waals surface area contributed by atoms with Crippen LogP contribution in [-0.2, 0) is 4.79 Å². The maximum atomic E-state index is 13.2. The summed E-state index contributed by atoms with van der Waals surface area (Å²) < 4.78 is 13.2. The molecule has 1 N–H and O–H groups in total. The third-order valence-electron chi connectivity index (χ3n) is 3.37. The second kappa shape index (κ2) is 6.80. The Morgan fingerprint density at radius 1 is 1.52 bits per heavy atom. The minimum atomic E-state index is -0.922. The first-order valence-electron chi connectivity index (χ1n) is 6.58. The number of thioether (sulfide) groups is 1. The Bertz CT molecular complexity index is 541. The van der Waals surface area contributed by atoms with Gasteiger partial charge in [0.25, 0.3) is 0 Å². The zero-order valence-electron chi connectivity index (χ0n) is 11.7. The molecule has 1 unspecified atom stereocenters. The summed E-state index contributed by atoms with van der Waals surface area (Å²) in [6, 6.07) is 5.15. The Hall–Kier alpha value is -1.76. The summed E-state index contributed by atoms with van der Waals surface area (Å²) in [5, 5.41) is 8.95. The van der Waals surface area contributed by atoms with Gasteiger partial charge < -0.3 is 10.0 Å². The van der Waals surface area contributed by atoms with Gasteiger partial charge in [-0.3, -0.25) is 9.69 Å². The van der Waals surface area contributed by atoms with E-state index in [9.17, 15) is 14.0 Å². The molecule has 5 nitrogen and oxygen atoms in total. The Morgan fingerprint density at radius 3 is 2.95 bits per heavy atom. The molecule has 114 valence electrons. The minimum absolute atomic E-state index is 0.0737. The van der Waals surface area contributed by atoms with Crippen LogP contribution in [0, 0.1) is 5.82 Å². The van der Waals surface area contributed by atoms with Crippen LogP contribution in [0.3, 0.4) is 0 Å². The van der Waals surface area contributed by atoms with Crippen LogP contribution in [-0.4, -0.2) is 53.1 Å². The van der Waals surface area contributed by atoms with Gasteiger partial charge in [0.15, 0.2) is 0 Å². The Kier molecular flexibility index (Phi) is 5.06. The van der Waals surface area contributed by atoms with Crippen molar-refractivity contribution in [1.29, 1.82) is 0 Å². The largest absolute Gasteiger partial charge is 0.481 e. The van der Waals surface area contributed by atoms with Crippen molar-refractivity contribution in [2.75, 3.05) is 30.0 Å². The number of carboxylic acids is 1. The molecule has 0 bridgehead atoms. The van der Waals surface area contributed by atoms with Gasteiger partial charge in [-0.25, -0.2) is 9.18 Å². The number of amides is 2. The average molecular weight is 312 g/mol. The van der Waals surface area contributed by atoms with Crippen molar-refractivity contribution in [3.8, 4) is 0 Å². The molecule has 1 saturated heterocycles. The molecule has 0 spiro atoms. The number of rotatable bonds is 3. The van der Waals surface area contributed by atoms with Crippen LogP contribution in [0.25, 0.3) is 0 Å². The highest BCUT2D eigenvalue weighted by Gasteiger charge is 2.31. The van der Waals surface area contributed by atoms with Crippen molar-refractivity contribution in [1.82, 2.24) is 4.90 Å². The fourth-order valence-corrected chi connectivity index (χ4v) is 3.33. The van der Waals surface area contributed by atoms with Crippen molar-refractivity contribution in [3.63, 3.8) is 0 Å². The lowest BCUT2D eigenvalue weighted by atomic mass is 10.2. The molecule has 1 aromatic carbocycles. The summed E-state index contributed by atoms with van der Waals surface area (Å²) in [4.78, 5) is 26.4. The number of benzene rings is 1. The smallest absolute Gasteiger partial charge is 0.324 e. The van der Waals surface area contributed by atoms with E-state index in [0.29, 0.717) is 18.0 Å². The van der Waals surface area contributed by atoms with Gasteiger partial charge in [-0.15, -0.1) is 0 Å². The average Bonchev–Trinajstić information content (AvgIpc) is 2.46. The van der Waals surface area contributed by atoms with Gasteiger partial charge in [0, 0.05) is 30.8 Å². The van der Waals surface area contributed by atoms with E-state index < -0.39 is 11.8 Å². The number of hydrogen-bond acceptors (Lipinski definition) is 3. The van der Waals surface area contributed by atoms with E-state index in [1.165, 1.54) is 23.1 Å². The lowest BCUT2D eigenvalue weighted by Crippen LogP contribution is -2.51. The van der Waals surface area contributed by atoms with Crippen LogP contribution < -0.4 is 4.90 Å². The highest BCUT2D eigenvalue weighted by Crippen LogP contribution is 2.23. The van der Waals surface area contributed by atoms with Gasteiger partial charge in [-0.05, 0) is 18.2 Å². The fraction of sp³-hybridized carbons (Fsp3) is 0.429. The van der Waals surface area contributed by atoms with Crippen molar-refractivity contribution in [2.24, 2.45) is 0 Å². The normalized spacial score (nSPS) is 18.4. The summed E-state index contributed by atoms with van der Waals surface area (Å²) in [5.74, 6) is 0.0468. The van der Waals surface area contributed by atoms with Crippen molar-refractivity contribution in [3.05, 3.63) is 30.1 Å². The van der Waals surface area contributed by atoms with Crippen LogP contribution in [0.1, 0.15) is 6.42 Å². The standard InChI is InChI=1S/C14H17FN2O3S/c1-16(11-4-2-3-10(15)7-11)14(20)17-5-6-21-9-12(17)8-13(18)19/h2-4,7,12H,5-6,8-9H2,1H3,(H,18,19). The molecule has 0 saturated carbocycles. The SMILES string of the molecule is CN(C(=O)N1CCSCC1CC(=O)O)c1cccc(F)c1. The lowest BCUT2D eigenvalue weighted by molar-refractivity contribution is -0.137. The van der Waals surface area contributed by atoms with Gasteiger partial charge in [-0.1, -0.05) is 6.07 Å². The molecular weight excluding hydrogens is 295 g/mol. The van der Waals surface area contributed by atoms with Crippen molar-refractivity contribution in [2.45, 2.75) is 12.5 Å². The number of aliphatic carboxylic acids is 1. The molecule has 21 heavy (non-hydrogen) atoms. The zero-order valence-corrected chi connectivity index (χ0v) is 12.5. The fourth-order valence-electron chi connectivity index (χ4n) is 2.27. The second-order valence-corrected chi connectivity index (χ2v) is 5.99. The van der Waals surface area contributed by atoms with Crippen molar-refractivity contribution >= 4 is 29.4 Å². The van der Waals surface area contributed by atoms with Gasteiger partial charge >= 0.3 is 12.0 Å². The van der Waals surface area contributed by atoms with E-state index in [1.807, 2.05) is 0 Å². The van der Waals surface area contributed by atoms with Crippen LogP contribution in [0.15, 0.2) is 24.3 Å². The number of carbonyl (C=O) groups excluding carboxylic acids is 1. The molecule has 7 heteroatoms. The maximum absolute atomic E-state index is 13.2. The lowest BCUT2D eigenvalue weighted by Gasteiger charge is -2.37. The van der Waals surface area contributed by atoms with Gasteiger partial charge in [0.2, 0.25) is 0 Å². The van der Waals surface area contributed by atoms with Crippen molar-refractivity contribution < 1.29 is 19.1 Å². The molecule has 0 aromatic heterocycles. The first-order chi connectivity index (χ1) is 9.99. The second-order valence-electron chi connectivity index (χ2n) is 4.84. The van der Waals surface area contributed by atoms with E-state index >= 15 is 0 Å². The van der Waals surface area contributed by atoms with Gasteiger partial charge in [0.05, 0.1) is 12.5 Å². The van der Waals surface area contributed by atoms with E-state index in [-0.39, 0.29) is 18.5 Å². The van der Waals surface area contributed by atoms with Crippen LogP contribution in [0.4, 0.5) is 14.9 Å². The number of nitrogens with zero attached hydrogens (tertiary/aromatic N) is 2. The Labute approximate surface area is 126 Å². The molecule has 0 radical (unpaired) electrons. The first kappa shape index (κ1) is 15.6. The summed E-state index contributed by atoms with van der Waals surface area (Å²) in [6.07, 6.45) is -0.0737. The molecular formula is C14H17FN2O3S. The Morgan fingerprint density at radius 2 is 2.29 bits per heavy atom. The van der Waals surface area contributed by atoms with E-state index in [2.05, 4.69) is 0 Å². The number of halogens is 1. The minimum Gasteiger partial charge on any atom is -0.481 e. The molecule has 2 amide bonds. The van der Waals surface area contributed by atoms with Gasteiger partial charge in [0.1, 0.15) is 5.82 Å². The predicted molar refractivity (Wildman–Crippen MR) is 80.3 cm³/mol. The third-order valence-corrected chi connectivity index (χ3v) is 4.46. The molecule has 1 aromatic rings. The quantitative estimate of drug-likeness (QED) is 0.930. The predicted octanol–water partition coefficient (Wildman–Crippen LogP) is 2.27. The summed E-state index contributed by atoms with van der Waals surface area (Å²) >= 11 is 1.64. The summed E-state index contributed by atoms with van der Waals surface area (Å²) in [7, 11) is 1.57. The molecule has 0 aliphatic carbocycles. The highest BCUT2D eigenvalue weighted by atomic mass is 32.2. The maximum Gasteiger partial charge on any atom is 0.324 e. The van der Waals surface area contributed by atoms with E-state index in [4.69, 9.17) is 5.11 Å². The Balaban J connectivity index is 2.14. The zero-order chi connectivity index (χ0) is 15.4. The number of anilines is 1. The first-order valence-corrected chi connectivity index (χ1v) is 7.74. The van der Waals surface area contributed by atoms with E-state index in [0.717, 1.165) is 5.75 Å². The topological polar surface area (TPSA) is 60.9 Å². The number of carbonyl (C=O) groups is 2. The number of urea groups is 1. The molecule has 1 aliphatic rings. The number of hydrogen-bond donors (Lipinski definition) is 1. The molecule has 2 rings (SSSR count). The van der Waals surface area contributed by atoms with Crippen LogP contribution in [0.2, 0.25) is 0 Å². The highest BCUT2D eigenvalue weighted by molar-refractivity contribution is 7.99. The molecule has 1 fully saturated rings.